The van der Waals surface area contributed by atoms with Gasteiger partial charge >= 0.3 is 6.09 Å². The van der Waals surface area contributed by atoms with Crippen LogP contribution in [0, 0.1) is 0 Å². The molecule has 2 fully saturated rings. The molecule has 1 aromatic heterocycles. The van der Waals surface area contributed by atoms with Crippen LogP contribution in [0.25, 0.3) is 0 Å². The summed E-state index contributed by atoms with van der Waals surface area (Å²) in [6.07, 6.45) is -0.257. The molecular formula is C21H35N5O3S. The summed E-state index contributed by atoms with van der Waals surface area (Å²) in [6.45, 7) is 13.8. The highest BCUT2D eigenvalue weighted by Crippen LogP contribution is 2.26. The second-order valence-corrected chi connectivity index (χ2v) is 9.61. The fraction of sp³-hybridized carbons (Fsp3) is 0.714. The van der Waals surface area contributed by atoms with Crippen molar-refractivity contribution in [3.63, 3.8) is 0 Å². The molecule has 9 heteroatoms. The Kier molecular flexibility index (Phi) is 7.96. The van der Waals surface area contributed by atoms with Gasteiger partial charge in [-0.05, 0) is 39.1 Å². The van der Waals surface area contributed by atoms with E-state index in [1.165, 1.54) is 4.88 Å². The van der Waals surface area contributed by atoms with E-state index in [2.05, 4.69) is 40.0 Å². The van der Waals surface area contributed by atoms with Gasteiger partial charge in [0.1, 0.15) is 5.60 Å². The summed E-state index contributed by atoms with van der Waals surface area (Å²) in [5, 5.41) is 8.91. The van der Waals surface area contributed by atoms with E-state index in [1.54, 1.807) is 16.2 Å². The molecule has 2 N–H and O–H groups in total. The summed E-state index contributed by atoms with van der Waals surface area (Å²) in [5.74, 6) is 0.793. The molecule has 1 unspecified atom stereocenters. The Hall–Kier alpha value is -1.84. The lowest BCUT2D eigenvalue weighted by Gasteiger charge is -2.40. The van der Waals surface area contributed by atoms with Crippen molar-refractivity contribution in [3.05, 3.63) is 22.4 Å². The molecule has 0 saturated carbocycles. The molecule has 168 valence electrons. The van der Waals surface area contributed by atoms with E-state index in [1.807, 2.05) is 20.8 Å². The van der Waals surface area contributed by atoms with Crippen LogP contribution < -0.4 is 10.6 Å². The van der Waals surface area contributed by atoms with Crippen LogP contribution in [-0.4, -0.2) is 86.0 Å². The number of hydrogen-bond acceptors (Lipinski definition) is 6. The van der Waals surface area contributed by atoms with Gasteiger partial charge < -0.3 is 25.0 Å². The topological polar surface area (TPSA) is 78.4 Å². The quantitative estimate of drug-likeness (QED) is 0.525. The second-order valence-electron chi connectivity index (χ2n) is 8.63. The molecule has 30 heavy (non-hydrogen) atoms. The number of morpholine rings is 1. The molecule has 0 aliphatic carbocycles. The van der Waals surface area contributed by atoms with E-state index in [9.17, 15) is 4.79 Å². The molecule has 8 nitrogen and oxygen atoms in total. The predicted octanol–water partition coefficient (Wildman–Crippen LogP) is 2.30. The first kappa shape index (κ1) is 22.8. The fourth-order valence-electron chi connectivity index (χ4n) is 3.49. The third-order valence-electron chi connectivity index (χ3n) is 5.00. The average Bonchev–Trinajstić information content (AvgIpc) is 3.18. The van der Waals surface area contributed by atoms with Crippen LogP contribution in [0.5, 0.6) is 0 Å². The predicted molar refractivity (Wildman–Crippen MR) is 120 cm³/mol. The molecule has 2 saturated heterocycles. The average molecular weight is 438 g/mol. The summed E-state index contributed by atoms with van der Waals surface area (Å²) in [7, 11) is 0. The molecule has 0 bridgehead atoms. The molecule has 1 amide bonds. The van der Waals surface area contributed by atoms with E-state index in [-0.39, 0.29) is 18.2 Å². The molecule has 2 aliphatic heterocycles. The lowest BCUT2D eigenvalue weighted by molar-refractivity contribution is 0.00695. The third kappa shape index (κ3) is 6.58. The van der Waals surface area contributed by atoms with Crippen molar-refractivity contribution in [2.75, 3.05) is 52.5 Å². The Balaban J connectivity index is 1.56. The highest BCUT2D eigenvalue weighted by molar-refractivity contribution is 7.10. The number of thiophene rings is 1. The van der Waals surface area contributed by atoms with Crippen molar-refractivity contribution in [2.45, 2.75) is 45.4 Å². The normalized spacial score (nSPS) is 19.9. The van der Waals surface area contributed by atoms with Gasteiger partial charge in [0, 0.05) is 37.6 Å². The van der Waals surface area contributed by atoms with Crippen LogP contribution in [0.1, 0.15) is 38.6 Å². The number of carbonyl (C=O) groups is 1. The van der Waals surface area contributed by atoms with Gasteiger partial charge in [0.05, 0.1) is 31.8 Å². The molecule has 0 aromatic carbocycles. The Morgan fingerprint density at radius 1 is 1.37 bits per heavy atom. The van der Waals surface area contributed by atoms with Gasteiger partial charge in [0.25, 0.3) is 0 Å². The van der Waals surface area contributed by atoms with Crippen LogP contribution in [0.2, 0.25) is 0 Å². The van der Waals surface area contributed by atoms with E-state index in [4.69, 9.17) is 14.5 Å². The van der Waals surface area contributed by atoms with E-state index in [0.717, 1.165) is 38.8 Å². The van der Waals surface area contributed by atoms with Crippen molar-refractivity contribution in [2.24, 2.45) is 4.99 Å². The largest absolute Gasteiger partial charge is 0.444 e. The highest BCUT2D eigenvalue weighted by atomic mass is 32.1. The van der Waals surface area contributed by atoms with Crippen LogP contribution in [-0.2, 0) is 9.47 Å². The summed E-state index contributed by atoms with van der Waals surface area (Å²) < 4.78 is 11.0. The minimum absolute atomic E-state index is 0.180. The number of likely N-dealkylation sites (tertiary alicyclic amines) is 1. The van der Waals surface area contributed by atoms with Crippen molar-refractivity contribution in [1.29, 1.82) is 0 Å². The van der Waals surface area contributed by atoms with Gasteiger partial charge in [0.15, 0.2) is 5.96 Å². The van der Waals surface area contributed by atoms with Crippen molar-refractivity contribution in [1.82, 2.24) is 20.4 Å². The van der Waals surface area contributed by atoms with Gasteiger partial charge in [-0.25, -0.2) is 4.79 Å². The van der Waals surface area contributed by atoms with Crippen molar-refractivity contribution in [3.8, 4) is 0 Å². The maximum atomic E-state index is 12.1. The maximum Gasteiger partial charge on any atom is 0.410 e. The first-order chi connectivity index (χ1) is 14.4. The monoisotopic (exact) mass is 437 g/mol. The number of hydrogen-bond donors (Lipinski definition) is 2. The number of amides is 1. The smallest absolute Gasteiger partial charge is 0.410 e. The van der Waals surface area contributed by atoms with Crippen molar-refractivity contribution < 1.29 is 14.3 Å². The summed E-state index contributed by atoms with van der Waals surface area (Å²) in [4.78, 5) is 22.5. The highest BCUT2D eigenvalue weighted by Gasteiger charge is 2.34. The number of nitrogens with one attached hydrogen (secondary N) is 2. The molecule has 0 spiro atoms. The van der Waals surface area contributed by atoms with Gasteiger partial charge in [-0.2, -0.15) is 0 Å². The summed E-state index contributed by atoms with van der Waals surface area (Å²) in [5.41, 5.74) is -0.470. The Morgan fingerprint density at radius 3 is 2.70 bits per heavy atom. The SMILES string of the molecule is CCNC(=NCC(c1cccs1)N1CCOCC1)NC1CN(C(=O)OC(C)(C)C)C1. The van der Waals surface area contributed by atoms with Crippen LogP contribution in [0.4, 0.5) is 4.79 Å². The molecular weight excluding hydrogens is 402 g/mol. The number of aliphatic imine (C=N–C) groups is 1. The zero-order valence-electron chi connectivity index (χ0n) is 18.5. The minimum Gasteiger partial charge on any atom is -0.444 e. The number of guanidine groups is 1. The summed E-state index contributed by atoms with van der Waals surface area (Å²) >= 11 is 1.78. The molecule has 2 aliphatic rings. The van der Waals surface area contributed by atoms with Gasteiger partial charge in [-0.15, -0.1) is 11.3 Å². The van der Waals surface area contributed by atoms with E-state index in [0.29, 0.717) is 19.6 Å². The van der Waals surface area contributed by atoms with Gasteiger partial charge in [0.2, 0.25) is 0 Å². The first-order valence-corrected chi connectivity index (χ1v) is 11.6. The molecule has 1 atom stereocenters. The molecule has 1 aromatic rings. The Morgan fingerprint density at radius 2 is 2.10 bits per heavy atom. The Labute approximate surface area is 183 Å². The zero-order chi connectivity index (χ0) is 21.6. The number of ether oxygens (including phenoxy) is 2. The number of rotatable bonds is 6. The van der Waals surface area contributed by atoms with E-state index < -0.39 is 5.60 Å². The van der Waals surface area contributed by atoms with Crippen LogP contribution in [0.15, 0.2) is 22.5 Å². The second kappa shape index (κ2) is 10.5. The lowest BCUT2D eigenvalue weighted by Crippen LogP contribution is -2.63. The van der Waals surface area contributed by atoms with Crippen LogP contribution >= 0.6 is 11.3 Å². The van der Waals surface area contributed by atoms with Crippen molar-refractivity contribution >= 4 is 23.4 Å². The molecule has 0 radical (unpaired) electrons. The first-order valence-electron chi connectivity index (χ1n) is 10.7. The molecule has 3 rings (SSSR count). The zero-order valence-corrected chi connectivity index (χ0v) is 19.3. The number of carbonyl (C=O) groups excluding carboxylic acids is 1. The molecule has 3 heterocycles. The lowest BCUT2D eigenvalue weighted by atomic mass is 10.1. The maximum absolute atomic E-state index is 12.1. The van der Waals surface area contributed by atoms with Gasteiger partial charge in [-0.3, -0.25) is 9.89 Å². The fourth-order valence-corrected chi connectivity index (χ4v) is 4.34. The Bertz CT molecular complexity index is 692. The number of nitrogens with zero attached hydrogens (tertiary/aromatic N) is 3. The van der Waals surface area contributed by atoms with Crippen LogP contribution in [0.3, 0.4) is 0 Å². The van der Waals surface area contributed by atoms with Gasteiger partial charge in [-0.1, -0.05) is 6.07 Å². The minimum atomic E-state index is -0.470. The standard InChI is InChI=1S/C21H35N5O3S/c1-5-22-19(24-16-14-26(15-16)20(27)29-21(2,3)4)23-13-17(18-7-6-12-30-18)25-8-10-28-11-9-25/h6-7,12,16-17H,5,8-11,13-15H2,1-4H3,(H2,22,23,24). The summed E-state index contributed by atoms with van der Waals surface area (Å²) in [6, 6.07) is 4.72. The van der Waals surface area contributed by atoms with E-state index >= 15 is 0 Å². The third-order valence-corrected chi connectivity index (χ3v) is 5.97.